The molecule has 5 heteroatoms. The van der Waals surface area contributed by atoms with Crippen LogP contribution in [0, 0.1) is 5.41 Å². The van der Waals surface area contributed by atoms with E-state index < -0.39 is 0 Å². The molecule has 1 aliphatic heterocycles. The summed E-state index contributed by atoms with van der Waals surface area (Å²) in [5, 5.41) is 10.2. The smallest absolute Gasteiger partial charge is 0.235 e. The van der Waals surface area contributed by atoms with Crippen molar-refractivity contribution in [2.24, 2.45) is 5.41 Å². The summed E-state index contributed by atoms with van der Waals surface area (Å²) in [6.07, 6.45) is 2.76. The first-order chi connectivity index (χ1) is 10.5. The number of halogens is 1. The predicted molar refractivity (Wildman–Crippen MR) is 92.4 cm³/mol. The number of aliphatic hydroxyl groups excluding tert-OH is 1. The molecular weight excluding hydrogens is 318 g/mol. The fourth-order valence-electron chi connectivity index (χ4n) is 2.85. The van der Waals surface area contributed by atoms with E-state index in [1.807, 2.05) is 36.1 Å². The van der Waals surface area contributed by atoms with Gasteiger partial charge in [0.2, 0.25) is 5.91 Å². The number of benzene rings is 1. The van der Waals surface area contributed by atoms with Gasteiger partial charge in [-0.3, -0.25) is 4.79 Å². The van der Waals surface area contributed by atoms with Crippen LogP contribution in [0.1, 0.15) is 33.1 Å². The second-order valence-corrected chi connectivity index (χ2v) is 7.90. The number of aliphatic hydroxyl groups is 1. The first-order valence-electron chi connectivity index (χ1n) is 7.81. The predicted octanol–water partition coefficient (Wildman–Crippen LogP) is 3.83. The number of piperidine rings is 1. The van der Waals surface area contributed by atoms with Gasteiger partial charge < -0.3 is 10.0 Å². The van der Waals surface area contributed by atoms with Crippen LogP contribution in [0.4, 0.5) is 0 Å². The molecule has 1 aliphatic rings. The summed E-state index contributed by atoms with van der Waals surface area (Å²) in [6.45, 7) is 5.79. The highest BCUT2D eigenvalue weighted by molar-refractivity contribution is 8.00. The van der Waals surface area contributed by atoms with Crippen molar-refractivity contribution in [1.29, 1.82) is 0 Å². The highest BCUT2D eigenvalue weighted by atomic mass is 35.5. The summed E-state index contributed by atoms with van der Waals surface area (Å²) in [6, 6.07) is 7.58. The van der Waals surface area contributed by atoms with Gasteiger partial charge in [-0.2, -0.15) is 0 Å². The molecule has 1 unspecified atom stereocenters. The van der Waals surface area contributed by atoms with Gasteiger partial charge in [-0.15, -0.1) is 11.8 Å². The third kappa shape index (κ3) is 4.18. The third-order valence-corrected chi connectivity index (χ3v) is 6.05. The number of carbonyl (C=O) groups is 1. The first kappa shape index (κ1) is 17.6. The van der Waals surface area contributed by atoms with Crippen LogP contribution < -0.4 is 0 Å². The maximum atomic E-state index is 12.6. The summed E-state index contributed by atoms with van der Waals surface area (Å²) >= 11 is 7.45. The lowest BCUT2D eigenvalue weighted by atomic mass is 9.77. The Morgan fingerprint density at radius 3 is 2.45 bits per heavy atom. The zero-order valence-corrected chi connectivity index (χ0v) is 14.8. The maximum absolute atomic E-state index is 12.6. The molecule has 1 heterocycles. The average molecular weight is 342 g/mol. The van der Waals surface area contributed by atoms with Crippen molar-refractivity contribution in [3.8, 4) is 0 Å². The van der Waals surface area contributed by atoms with Crippen LogP contribution in [-0.2, 0) is 4.79 Å². The summed E-state index contributed by atoms with van der Waals surface area (Å²) in [5.74, 6) is 0.183. The first-order valence-corrected chi connectivity index (χ1v) is 9.07. The van der Waals surface area contributed by atoms with Crippen molar-refractivity contribution in [2.75, 3.05) is 19.7 Å². The van der Waals surface area contributed by atoms with Crippen molar-refractivity contribution in [3.63, 3.8) is 0 Å². The monoisotopic (exact) mass is 341 g/mol. The Morgan fingerprint density at radius 2 is 1.95 bits per heavy atom. The Morgan fingerprint density at radius 1 is 1.36 bits per heavy atom. The van der Waals surface area contributed by atoms with E-state index >= 15 is 0 Å². The van der Waals surface area contributed by atoms with Gasteiger partial charge in [-0.05, 0) is 55.9 Å². The van der Waals surface area contributed by atoms with E-state index in [4.69, 9.17) is 11.6 Å². The fourth-order valence-corrected chi connectivity index (χ4v) is 3.93. The number of hydrogen-bond donors (Lipinski definition) is 1. The molecule has 1 atom stereocenters. The standard InChI is InChI=1S/C17H24ClNO2S/c1-3-17(12-20)8-10-19(11-9-17)16(21)13(2)22-15-6-4-14(18)5-7-15/h4-7,13,20H,3,8-12H2,1-2H3. The SMILES string of the molecule is CCC1(CO)CCN(C(=O)C(C)Sc2ccc(Cl)cc2)CC1. The quantitative estimate of drug-likeness (QED) is 0.827. The van der Waals surface area contributed by atoms with Gasteiger partial charge in [0.15, 0.2) is 0 Å². The van der Waals surface area contributed by atoms with Crippen LogP contribution in [0.25, 0.3) is 0 Å². The van der Waals surface area contributed by atoms with Gasteiger partial charge in [0, 0.05) is 29.6 Å². The fraction of sp³-hybridized carbons (Fsp3) is 0.588. The number of thioether (sulfide) groups is 1. The Hall–Kier alpha value is -0.710. The van der Waals surface area contributed by atoms with Crippen LogP contribution >= 0.6 is 23.4 Å². The topological polar surface area (TPSA) is 40.5 Å². The van der Waals surface area contributed by atoms with Crippen molar-refractivity contribution in [3.05, 3.63) is 29.3 Å². The molecule has 1 amide bonds. The molecule has 0 bridgehead atoms. The molecule has 1 N–H and O–H groups in total. The normalized spacial score (nSPS) is 19.0. The number of amides is 1. The molecule has 1 aromatic rings. The third-order valence-electron chi connectivity index (χ3n) is 4.70. The van der Waals surface area contributed by atoms with Crippen molar-refractivity contribution >= 4 is 29.3 Å². The van der Waals surface area contributed by atoms with Crippen LogP contribution in [0.3, 0.4) is 0 Å². The molecule has 1 aromatic carbocycles. The molecule has 1 fully saturated rings. The number of carbonyl (C=O) groups excluding carboxylic acids is 1. The van der Waals surface area contributed by atoms with Gasteiger partial charge in [-0.25, -0.2) is 0 Å². The largest absolute Gasteiger partial charge is 0.396 e. The van der Waals surface area contributed by atoms with E-state index in [1.165, 1.54) is 0 Å². The highest BCUT2D eigenvalue weighted by Gasteiger charge is 2.35. The summed E-state index contributed by atoms with van der Waals surface area (Å²) in [7, 11) is 0. The van der Waals surface area contributed by atoms with E-state index in [1.54, 1.807) is 11.8 Å². The van der Waals surface area contributed by atoms with Gasteiger partial charge in [0.25, 0.3) is 0 Å². The Labute approximate surface area is 142 Å². The van der Waals surface area contributed by atoms with Crippen molar-refractivity contribution in [2.45, 2.75) is 43.3 Å². The minimum Gasteiger partial charge on any atom is -0.396 e. The van der Waals surface area contributed by atoms with E-state index in [0.29, 0.717) is 5.02 Å². The lowest BCUT2D eigenvalue weighted by molar-refractivity contribution is -0.133. The number of hydrogen-bond acceptors (Lipinski definition) is 3. The maximum Gasteiger partial charge on any atom is 0.235 e. The van der Waals surface area contributed by atoms with E-state index in [-0.39, 0.29) is 23.2 Å². The molecule has 2 rings (SSSR count). The second-order valence-electron chi connectivity index (χ2n) is 6.05. The summed E-state index contributed by atoms with van der Waals surface area (Å²) in [4.78, 5) is 15.6. The molecule has 0 aliphatic carbocycles. The summed E-state index contributed by atoms with van der Waals surface area (Å²) in [5.41, 5.74) is 0.0172. The van der Waals surface area contributed by atoms with Crippen LogP contribution in [0.5, 0.6) is 0 Å². The number of likely N-dealkylation sites (tertiary alicyclic amines) is 1. The zero-order valence-electron chi connectivity index (χ0n) is 13.2. The van der Waals surface area contributed by atoms with Crippen LogP contribution in [-0.4, -0.2) is 40.9 Å². The molecular formula is C17H24ClNO2S. The Kier molecular flexibility index (Phi) is 6.18. The zero-order chi connectivity index (χ0) is 16.2. The van der Waals surface area contributed by atoms with Crippen LogP contribution in [0.15, 0.2) is 29.2 Å². The van der Waals surface area contributed by atoms with Crippen molar-refractivity contribution < 1.29 is 9.90 Å². The van der Waals surface area contributed by atoms with E-state index in [9.17, 15) is 9.90 Å². The van der Waals surface area contributed by atoms with Crippen molar-refractivity contribution in [1.82, 2.24) is 4.90 Å². The van der Waals surface area contributed by atoms with E-state index in [0.717, 1.165) is 37.2 Å². The molecule has 0 aromatic heterocycles. The molecule has 3 nitrogen and oxygen atoms in total. The number of nitrogens with zero attached hydrogens (tertiary/aromatic N) is 1. The lowest BCUT2D eigenvalue weighted by Gasteiger charge is -2.40. The molecule has 0 spiro atoms. The lowest BCUT2D eigenvalue weighted by Crippen LogP contribution is -2.46. The van der Waals surface area contributed by atoms with E-state index in [2.05, 4.69) is 6.92 Å². The van der Waals surface area contributed by atoms with Gasteiger partial charge >= 0.3 is 0 Å². The summed E-state index contributed by atoms with van der Waals surface area (Å²) < 4.78 is 0. The molecule has 122 valence electrons. The molecule has 1 saturated heterocycles. The molecule has 22 heavy (non-hydrogen) atoms. The second kappa shape index (κ2) is 7.71. The van der Waals surface area contributed by atoms with Crippen LogP contribution in [0.2, 0.25) is 5.02 Å². The minimum atomic E-state index is -0.107. The minimum absolute atomic E-state index is 0.0172. The Balaban J connectivity index is 1.90. The Bertz CT molecular complexity index is 492. The van der Waals surface area contributed by atoms with Gasteiger partial charge in [0.05, 0.1) is 5.25 Å². The van der Waals surface area contributed by atoms with Gasteiger partial charge in [0.1, 0.15) is 0 Å². The number of rotatable bonds is 5. The van der Waals surface area contributed by atoms with Gasteiger partial charge in [-0.1, -0.05) is 18.5 Å². The highest BCUT2D eigenvalue weighted by Crippen LogP contribution is 2.35. The molecule has 0 saturated carbocycles. The molecule has 0 radical (unpaired) electrons. The average Bonchev–Trinajstić information content (AvgIpc) is 2.56.